The molecule has 0 unspecified atom stereocenters. The van der Waals surface area contributed by atoms with E-state index in [1.807, 2.05) is 54.6 Å². The van der Waals surface area contributed by atoms with Gasteiger partial charge in [0.15, 0.2) is 11.5 Å². The first-order valence-corrected chi connectivity index (χ1v) is 10.5. The van der Waals surface area contributed by atoms with Gasteiger partial charge in [-0.1, -0.05) is 56.3 Å². The molecule has 5 rings (SSSR count). The zero-order valence-corrected chi connectivity index (χ0v) is 17.7. The van der Waals surface area contributed by atoms with Gasteiger partial charge in [0.05, 0.1) is 16.9 Å². The molecule has 0 spiro atoms. The van der Waals surface area contributed by atoms with Gasteiger partial charge in [0, 0.05) is 6.20 Å². The van der Waals surface area contributed by atoms with Crippen LogP contribution >= 0.6 is 0 Å². The molecule has 0 bridgehead atoms. The second kappa shape index (κ2) is 7.89. The van der Waals surface area contributed by atoms with Crippen LogP contribution in [-0.2, 0) is 0 Å². The number of fused-ring (bicyclic) bond motifs is 1. The number of para-hydroxylation sites is 1. The maximum atomic E-state index is 14.8. The second-order valence-corrected chi connectivity index (χ2v) is 7.95. The number of rotatable bonds is 4. The molecule has 0 aliphatic heterocycles. The summed E-state index contributed by atoms with van der Waals surface area (Å²) >= 11 is 0. The monoisotopic (exact) mass is 424 g/mol. The fraction of sp³-hybridized carbons (Fsp3) is 0.115. The summed E-state index contributed by atoms with van der Waals surface area (Å²) in [6.07, 6.45) is 1.67. The Balaban J connectivity index is 1.80. The minimum absolute atomic E-state index is 0.219. The molecule has 0 radical (unpaired) electrons. The van der Waals surface area contributed by atoms with Gasteiger partial charge in [-0.25, -0.2) is 14.1 Å². The Labute approximate surface area is 184 Å². The molecule has 32 heavy (non-hydrogen) atoms. The van der Waals surface area contributed by atoms with E-state index in [2.05, 4.69) is 23.9 Å². The number of hydrogen-bond donors (Lipinski definition) is 0. The van der Waals surface area contributed by atoms with Gasteiger partial charge in [-0.2, -0.15) is 0 Å². The molecule has 0 N–H and O–H groups in total. The molecule has 0 aliphatic carbocycles. The molecule has 0 amide bonds. The molecule has 5 nitrogen and oxygen atoms in total. The van der Waals surface area contributed by atoms with Crippen LogP contribution < -0.4 is 5.56 Å². The van der Waals surface area contributed by atoms with Crippen molar-refractivity contribution >= 4 is 11.0 Å². The quantitative estimate of drug-likeness (QED) is 0.383. The van der Waals surface area contributed by atoms with Crippen LogP contribution in [0.1, 0.15) is 25.3 Å². The summed E-state index contributed by atoms with van der Waals surface area (Å²) in [6, 6.07) is 23.5. The highest BCUT2D eigenvalue weighted by Gasteiger charge is 2.19. The zero-order chi connectivity index (χ0) is 22.2. The van der Waals surface area contributed by atoms with Gasteiger partial charge in [-0.3, -0.25) is 9.36 Å². The lowest BCUT2D eigenvalue weighted by molar-refractivity contribution is 0.629. The van der Waals surface area contributed by atoms with E-state index in [1.54, 1.807) is 29.1 Å². The molecule has 0 fully saturated rings. The standard InChI is InChI=1S/C26H21FN4O/c1-17(2)18-12-14-20(15-13-18)31-25(21-10-6-7-11-23(21)27)28-24-22(26(31)32)16-30(29-24)19-8-4-3-5-9-19/h3-17H,1-2H3. The average Bonchev–Trinajstić information content (AvgIpc) is 3.25. The Kier molecular flexibility index (Phi) is 4.90. The molecular formula is C26H21FN4O. The van der Waals surface area contributed by atoms with Gasteiger partial charge in [0.2, 0.25) is 0 Å². The third kappa shape index (κ3) is 3.39. The van der Waals surface area contributed by atoms with E-state index < -0.39 is 5.82 Å². The highest BCUT2D eigenvalue weighted by atomic mass is 19.1. The van der Waals surface area contributed by atoms with Crippen molar-refractivity contribution in [3.63, 3.8) is 0 Å². The molecule has 2 aromatic heterocycles. The van der Waals surface area contributed by atoms with Crippen molar-refractivity contribution in [2.75, 3.05) is 0 Å². The molecule has 0 atom stereocenters. The molecule has 6 heteroatoms. The summed E-state index contributed by atoms with van der Waals surface area (Å²) in [7, 11) is 0. The van der Waals surface area contributed by atoms with Crippen molar-refractivity contribution in [3.8, 4) is 22.8 Å². The van der Waals surface area contributed by atoms with Crippen LogP contribution in [0.5, 0.6) is 0 Å². The lowest BCUT2D eigenvalue weighted by Crippen LogP contribution is -2.22. The topological polar surface area (TPSA) is 52.7 Å². The molecule has 158 valence electrons. The molecule has 0 aliphatic rings. The Morgan fingerprint density at radius 2 is 1.53 bits per heavy atom. The van der Waals surface area contributed by atoms with Gasteiger partial charge in [-0.05, 0) is 47.9 Å². The predicted octanol–water partition coefficient (Wildman–Crippen LogP) is 5.50. The van der Waals surface area contributed by atoms with Gasteiger partial charge in [-0.15, -0.1) is 5.10 Å². The normalized spacial score (nSPS) is 11.4. The summed E-state index contributed by atoms with van der Waals surface area (Å²) < 4.78 is 17.8. The third-order valence-corrected chi connectivity index (χ3v) is 5.51. The van der Waals surface area contributed by atoms with Crippen molar-refractivity contribution in [1.29, 1.82) is 0 Å². The minimum atomic E-state index is -0.450. The van der Waals surface area contributed by atoms with Gasteiger partial charge in [0.1, 0.15) is 11.2 Å². The lowest BCUT2D eigenvalue weighted by Gasteiger charge is -2.14. The lowest BCUT2D eigenvalue weighted by atomic mass is 10.0. The zero-order valence-electron chi connectivity index (χ0n) is 17.7. The van der Waals surface area contributed by atoms with Crippen molar-refractivity contribution in [2.45, 2.75) is 19.8 Å². The third-order valence-electron chi connectivity index (χ3n) is 5.51. The Morgan fingerprint density at radius 1 is 0.844 bits per heavy atom. The molecule has 5 aromatic rings. The van der Waals surface area contributed by atoms with E-state index in [0.29, 0.717) is 17.0 Å². The van der Waals surface area contributed by atoms with Crippen LogP contribution in [0.3, 0.4) is 0 Å². The first kappa shape index (κ1) is 19.9. The van der Waals surface area contributed by atoms with E-state index in [0.717, 1.165) is 11.3 Å². The van der Waals surface area contributed by atoms with Crippen LogP contribution in [-0.4, -0.2) is 19.3 Å². The molecular weight excluding hydrogens is 403 g/mol. The smallest absolute Gasteiger partial charge is 0.268 e. The summed E-state index contributed by atoms with van der Waals surface area (Å²) in [5, 5.41) is 4.86. The van der Waals surface area contributed by atoms with Crippen LogP contribution in [0.15, 0.2) is 89.9 Å². The maximum absolute atomic E-state index is 14.8. The molecule has 2 heterocycles. The van der Waals surface area contributed by atoms with E-state index in [4.69, 9.17) is 0 Å². The van der Waals surface area contributed by atoms with Gasteiger partial charge >= 0.3 is 0 Å². The molecule has 0 saturated carbocycles. The van der Waals surface area contributed by atoms with Crippen LogP contribution in [0.25, 0.3) is 33.8 Å². The predicted molar refractivity (Wildman–Crippen MR) is 124 cm³/mol. The maximum Gasteiger partial charge on any atom is 0.269 e. The van der Waals surface area contributed by atoms with Gasteiger partial charge < -0.3 is 0 Å². The van der Waals surface area contributed by atoms with Crippen molar-refractivity contribution in [2.24, 2.45) is 0 Å². The molecule has 3 aromatic carbocycles. The fourth-order valence-electron chi connectivity index (χ4n) is 3.75. The summed E-state index contributed by atoms with van der Waals surface area (Å²) in [6.45, 7) is 4.22. The van der Waals surface area contributed by atoms with E-state index in [1.165, 1.54) is 10.6 Å². The van der Waals surface area contributed by atoms with E-state index in [-0.39, 0.29) is 22.6 Å². The minimum Gasteiger partial charge on any atom is -0.268 e. The average molecular weight is 424 g/mol. The fourth-order valence-corrected chi connectivity index (χ4v) is 3.75. The van der Waals surface area contributed by atoms with Crippen molar-refractivity contribution in [1.82, 2.24) is 19.3 Å². The number of hydrogen-bond acceptors (Lipinski definition) is 3. The summed E-state index contributed by atoms with van der Waals surface area (Å²) in [4.78, 5) is 18.3. The number of benzene rings is 3. The van der Waals surface area contributed by atoms with Gasteiger partial charge in [0.25, 0.3) is 5.56 Å². The second-order valence-electron chi connectivity index (χ2n) is 7.95. The van der Waals surface area contributed by atoms with E-state index in [9.17, 15) is 9.18 Å². The van der Waals surface area contributed by atoms with Crippen LogP contribution in [0.2, 0.25) is 0 Å². The summed E-state index contributed by atoms with van der Waals surface area (Å²) in [5.74, 6) is 0.126. The van der Waals surface area contributed by atoms with Crippen LogP contribution in [0.4, 0.5) is 4.39 Å². The number of aromatic nitrogens is 4. The summed E-state index contributed by atoms with van der Waals surface area (Å²) in [5.41, 5.74) is 2.80. The Hall–Kier alpha value is -4.06. The Bertz CT molecular complexity index is 1470. The highest BCUT2D eigenvalue weighted by Crippen LogP contribution is 2.25. The first-order valence-electron chi connectivity index (χ1n) is 10.5. The number of halogens is 1. The van der Waals surface area contributed by atoms with Crippen LogP contribution in [0, 0.1) is 5.82 Å². The first-order chi connectivity index (χ1) is 15.5. The highest BCUT2D eigenvalue weighted by molar-refractivity contribution is 5.77. The number of nitrogens with zero attached hydrogens (tertiary/aromatic N) is 4. The van der Waals surface area contributed by atoms with E-state index >= 15 is 0 Å². The largest absolute Gasteiger partial charge is 0.269 e. The Morgan fingerprint density at radius 3 is 2.22 bits per heavy atom. The van der Waals surface area contributed by atoms with Crippen molar-refractivity contribution < 1.29 is 4.39 Å². The molecule has 0 saturated heterocycles. The SMILES string of the molecule is CC(C)c1ccc(-n2c(-c3ccccc3F)nc3nn(-c4ccccc4)cc3c2=O)cc1. The van der Waals surface area contributed by atoms with Crippen molar-refractivity contribution in [3.05, 3.63) is 107 Å².